The smallest absolute Gasteiger partial charge is 0.0619 e. The van der Waals surface area contributed by atoms with Gasteiger partial charge in [0.2, 0.25) is 0 Å². The van der Waals surface area contributed by atoms with E-state index < -0.39 is 0 Å². The van der Waals surface area contributed by atoms with Crippen LogP contribution in [-0.2, 0) is 1.43 Å². The molecule has 0 aromatic heterocycles. The van der Waals surface area contributed by atoms with E-state index in [1.165, 1.54) is 22.3 Å². The van der Waals surface area contributed by atoms with Gasteiger partial charge in [-0.15, -0.1) is 0 Å². The van der Waals surface area contributed by atoms with Gasteiger partial charge in [0, 0.05) is 0 Å². The molecular weight excluding hydrogens is 410 g/mol. The summed E-state index contributed by atoms with van der Waals surface area (Å²) in [5.74, 6) is 0. The lowest BCUT2D eigenvalue weighted by Crippen LogP contribution is -2.04. The molecule has 2 aromatic carbocycles. The summed E-state index contributed by atoms with van der Waals surface area (Å²) in [5, 5.41) is 0. The fourth-order valence-electron chi connectivity index (χ4n) is 2.13. The summed E-state index contributed by atoms with van der Waals surface area (Å²) < 4.78 is 0.0999. The number of fused-ring (bicyclic) bond motifs is 3. The van der Waals surface area contributed by atoms with Crippen molar-refractivity contribution < 1.29 is 0 Å². The van der Waals surface area contributed by atoms with Gasteiger partial charge in [-0.1, -0.05) is 93.7 Å². The van der Waals surface area contributed by atoms with Crippen LogP contribution in [0.3, 0.4) is 0 Å². The molecule has 0 saturated heterocycles. The lowest BCUT2D eigenvalue weighted by atomic mass is 10.1. The zero-order chi connectivity index (χ0) is 10.5. The first kappa shape index (κ1) is 10.1. The van der Waals surface area contributed by atoms with Gasteiger partial charge in [-0.05, 0) is 22.3 Å². The Morgan fingerprint density at radius 1 is 0.667 bits per heavy atom. The predicted molar refractivity (Wildman–Crippen MR) is 80.7 cm³/mol. The molecule has 0 aliphatic heterocycles. The number of hydrogen-bond donors (Lipinski definition) is 0. The van der Waals surface area contributed by atoms with Gasteiger partial charge in [0.05, 0.1) is 0 Å². The van der Waals surface area contributed by atoms with E-state index in [-0.39, 0.29) is 1.43 Å². The Hall–Kier alpha value is -0.1000. The quantitative estimate of drug-likeness (QED) is 0.429. The van der Waals surface area contributed by atoms with Crippen LogP contribution < -0.4 is 0 Å². The van der Waals surface area contributed by atoms with Crippen molar-refractivity contribution in [3.63, 3.8) is 0 Å². The second-order valence-electron chi connectivity index (χ2n) is 3.67. The van der Waals surface area contributed by atoms with E-state index in [4.69, 9.17) is 0 Å². The third kappa shape index (κ3) is 1.37. The van der Waals surface area contributed by atoms with Crippen LogP contribution in [0.15, 0.2) is 48.5 Å². The van der Waals surface area contributed by atoms with Crippen molar-refractivity contribution in [2.45, 2.75) is 1.43 Å². The van der Waals surface area contributed by atoms with Crippen molar-refractivity contribution in [3.05, 3.63) is 59.7 Å². The van der Waals surface area contributed by atoms with Gasteiger partial charge in [0.25, 0.3) is 0 Å². The van der Waals surface area contributed by atoms with Gasteiger partial charge < -0.3 is 0 Å². The van der Waals surface area contributed by atoms with Gasteiger partial charge in [0.15, 0.2) is 0 Å². The summed E-state index contributed by atoms with van der Waals surface area (Å²) in [7, 11) is 0. The molecule has 0 nitrogen and oxygen atoms in total. The Balaban J connectivity index is 2.42. The maximum absolute atomic E-state index is 2.54. The fourth-order valence-corrected chi connectivity index (χ4v) is 4.01. The molecule has 74 valence electrons. The monoisotopic (exact) mass is 418 g/mol. The zero-order valence-electron chi connectivity index (χ0n) is 7.87. The molecule has 0 fully saturated rings. The molecule has 2 aromatic rings. The highest BCUT2D eigenvalue weighted by molar-refractivity contribution is 14.2. The molecule has 0 spiro atoms. The highest BCUT2D eigenvalue weighted by Gasteiger charge is 2.37. The third-order valence-corrected chi connectivity index (χ3v) is 5.15. The van der Waals surface area contributed by atoms with Crippen LogP contribution in [0.2, 0.25) is 0 Å². The minimum atomic E-state index is 0.0999. The summed E-state index contributed by atoms with van der Waals surface area (Å²) >= 11 is 5.07. The van der Waals surface area contributed by atoms with E-state index in [2.05, 4.69) is 93.7 Å². The van der Waals surface area contributed by atoms with Crippen LogP contribution in [0.5, 0.6) is 0 Å². The highest BCUT2D eigenvalue weighted by Crippen LogP contribution is 2.56. The Labute approximate surface area is 116 Å². The molecule has 1 aliphatic rings. The Bertz CT molecular complexity index is 482. The minimum absolute atomic E-state index is 0.0999. The Kier molecular flexibility index (Phi) is 2.32. The molecule has 0 radical (unpaired) electrons. The first-order valence-corrected chi connectivity index (χ1v) is 6.94. The van der Waals surface area contributed by atoms with E-state index >= 15 is 0 Å². The van der Waals surface area contributed by atoms with Crippen LogP contribution >= 0.6 is 45.2 Å². The van der Waals surface area contributed by atoms with E-state index in [0.717, 1.165) is 0 Å². The first-order chi connectivity index (χ1) is 7.21. The number of alkyl halides is 2. The average Bonchev–Trinajstić information content (AvgIpc) is 2.51. The molecular formula is C13H8I2. The van der Waals surface area contributed by atoms with Crippen molar-refractivity contribution in [2.24, 2.45) is 0 Å². The second kappa shape index (κ2) is 3.45. The van der Waals surface area contributed by atoms with Crippen molar-refractivity contribution in [2.75, 3.05) is 0 Å². The minimum Gasteiger partial charge on any atom is -0.0619 e. The molecule has 3 rings (SSSR count). The Morgan fingerprint density at radius 3 is 1.53 bits per heavy atom. The van der Waals surface area contributed by atoms with Crippen LogP contribution in [0.1, 0.15) is 11.1 Å². The SMILES string of the molecule is IC1(I)c2ccccc2-c2ccccc21. The summed E-state index contributed by atoms with van der Waals surface area (Å²) in [6, 6.07) is 17.4. The average molecular weight is 418 g/mol. The summed E-state index contributed by atoms with van der Waals surface area (Å²) in [5.41, 5.74) is 5.62. The maximum Gasteiger partial charge on any atom is 0.124 e. The highest BCUT2D eigenvalue weighted by atomic mass is 127. The molecule has 0 amide bonds. The van der Waals surface area contributed by atoms with Crippen molar-refractivity contribution in [1.82, 2.24) is 0 Å². The summed E-state index contributed by atoms with van der Waals surface area (Å²) in [6.07, 6.45) is 0. The zero-order valence-corrected chi connectivity index (χ0v) is 12.2. The Morgan fingerprint density at radius 2 is 1.07 bits per heavy atom. The van der Waals surface area contributed by atoms with Crippen LogP contribution in [-0.4, -0.2) is 0 Å². The predicted octanol–water partition coefficient (Wildman–Crippen LogP) is 4.74. The van der Waals surface area contributed by atoms with Gasteiger partial charge in [-0.25, -0.2) is 0 Å². The van der Waals surface area contributed by atoms with E-state index in [1.807, 2.05) is 0 Å². The largest absolute Gasteiger partial charge is 0.124 e. The maximum atomic E-state index is 2.54. The van der Waals surface area contributed by atoms with Gasteiger partial charge >= 0.3 is 0 Å². The van der Waals surface area contributed by atoms with E-state index in [1.54, 1.807) is 0 Å². The molecule has 1 aliphatic carbocycles. The normalized spacial score (nSPS) is 15.9. The molecule has 0 atom stereocenters. The summed E-state index contributed by atoms with van der Waals surface area (Å²) in [6.45, 7) is 0. The molecule has 0 N–H and O–H groups in total. The van der Waals surface area contributed by atoms with Gasteiger partial charge in [-0.3, -0.25) is 0 Å². The number of benzene rings is 2. The molecule has 2 heteroatoms. The standard InChI is InChI=1S/C13H8I2/c14-13(15)11-7-3-1-5-9(11)10-6-2-4-8-12(10)13/h1-8H. The lowest BCUT2D eigenvalue weighted by Gasteiger charge is -2.16. The molecule has 0 saturated carbocycles. The van der Waals surface area contributed by atoms with E-state index in [0.29, 0.717) is 0 Å². The number of hydrogen-bond acceptors (Lipinski definition) is 0. The molecule has 0 heterocycles. The van der Waals surface area contributed by atoms with Crippen LogP contribution in [0, 0.1) is 0 Å². The molecule has 15 heavy (non-hydrogen) atoms. The molecule has 0 unspecified atom stereocenters. The first-order valence-electron chi connectivity index (χ1n) is 4.78. The van der Waals surface area contributed by atoms with Crippen molar-refractivity contribution >= 4 is 45.2 Å². The van der Waals surface area contributed by atoms with Crippen molar-refractivity contribution in [1.29, 1.82) is 0 Å². The fraction of sp³-hybridized carbons (Fsp3) is 0.0769. The summed E-state index contributed by atoms with van der Waals surface area (Å²) in [4.78, 5) is 0. The molecule has 0 bridgehead atoms. The van der Waals surface area contributed by atoms with Gasteiger partial charge in [-0.2, -0.15) is 0 Å². The van der Waals surface area contributed by atoms with Crippen LogP contribution in [0.4, 0.5) is 0 Å². The van der Waals surface area contributed by atoms with E-state index in [9.17, 15) is 0 Å². The lowest BCUT2D eigenvalue weighted by molar-refractivity contribution is 1.23. The number of rotatable bonds is 0. The topological polar surface area (TPSA) is 0 Å². The number of halogens is 2. The van der Waals surface area contributed by atoms with Crippen LogP contribution in [0.25, 0.3) is 11.1 Å². The third-order valence-electron chi connectivity index (χ3n) is 2.82. The second-order valence-corrected chi connectivity index (χ2v) is 8.97. The van der Waals surface area contributed by atoms with Crippen molar-refractivity contribution in [3.8, 4) is 11.1 Å². The van der Waals surface area contributed by atoms with Gasteiger partial charge in [0.1, 0.15) is 1.43 Å².